The van der Waals surface area contributed by atoms with Gasteiger partial charge in [0, 0.05) is 20.0 Å². The number of imidazole rings is 1. The number of benzene rings is 2. The minimum absolute atomic E-state index is 0.0459. The fraction of sp³-hybridized carbons (Fsp3) is 0.222. The molecule has 3 rings (SSSR count). The van der Waals surface area contributed by atoms with Crippen molar-refractivity contribution in [2.75, 3.05) is 0 Å². The molecule has 0 aliphatic carbocycles. The van der Waals surface area contributed by atoms with Crippen LogP contribution in [0.25, 0.3) is 11.0 Å². The van der Waals surface area contributed by atoms with Gasteiger partial charge < -0.3 is 9.88 Å². The summed E-state index contributed by atoms with van der Waals surface area (Å²) in [5.74, 6) is -0.318. The molecular formula is C18H18FN3O. The van der Waals surface area contributed by atoms with E-state index >= 15 is 0 Å². The number of nitrogens with zero attached hydrogens (tertiary/aromatic N) is 2. The average Bonchev–Trinajstić information content (AvgIpc) is 2.92. The smallest absolute Gasteiger partial charge is 0.220 e. The lowest BCUT2D eigenvalue weighted by molar-refractivity contribution is -0.121. The Balaban J connectivity index is 1.53. The van der Waals surface area contributed by atoms with Gasteiger partial charge in [-0.3, -0.25) is 4.79 Å². The van der Waals surface area contributed by atoms with Gasteiger partial charge in [0.05, 0.1) is 17.4 Å². The molecule has 2 aromatic carbocycles. The van der Waals surface area contributed by atoms with Gasteiger partial charge in [-0.05, 0) is 41.8 Å². The molecule has 5 heteroatoms. The Morgan fingerprint density at radius 1 is 1.22 bits per heavy atom. The molecule has 1 amide bonds. The first-order valence-electron chi connectivity index (χ1n) is 7.53. The molecular weight excluding hydrogens is 293 g/mol. The van der Waals surface area contributed by atoms with Gasteiger partial charge in [0.1, 0.15) is 5.82 Å². The number of rotatable bonds is 5. The SMILES string of the molecule is Cn1cnc2cc(CNC(=O)CCc3cccc(F)c3)ccc21. The molecule has 0 bridgehead atoms. The molecule has 0 saturated heterocycles. The Bertz CT molecular complexity index is 841. The van der Waals surface area contributed by atoms with Gasteiger partial charge >= 0.3 is 0 Å². The zero-order chi connectivity index (χ0) is 16.2. The molecule has 0 atom stereocenters. The van der Waals surface area contributed by atoms with Crippen LogP contribution in [-0.4, -0.2) is 15.5 Å². The Morgan fingerprint density at radius 2 is 2.09 bits per heavy atom. The number of nitrogens with one attached hydrogen (secondary N) is 1. The summed E-state index contributed by atoms with van der Waals surface area (Å²) in [4.78, 5) is 16.2. The van der Waals surface area contributed by atoms with Crippen LogP contribution in [0, 0.1) is 5.82 Å². The van der Waals surface area contributed by atoms with E-state index in [2.05, 4.69) is 10.3 Å². The number of halogens is 1. The molecule has 0 aliphatic heterocycles. The van der Waals surface area contributed by atoms with Crippen molar-refractivity contribution in [1.82, 2.24) is 14.9 Å². The lowest BCUT2D eigenvalue weighted by Gasteiger charge is -2.06. The number of hydrogen-bond donors (Lipinski definition) is 1. The third-order valence-electron chi connectivity index (χ3n) is 3.81. The van der Waals surface area contributed by atoms with Crippen molar-refractivity contribution in [3.05, 3.63) is 65.7 Å². The van der Waals surface area contributed by atoms with Crippen molar-refractivity contribution in [2.24, 2.45) is 7.05 Å². The van der Waals surface area contributed by atoms with E-state index in [9.17, 15) is 9.18 Å². The summed E-state index contributed by atoms with van der Waals surface area (Å²) in [7, 11) is 1.95. The van der Waals surface area contributed by atoms with E-state index in [0.717, 1.165) is 22.2 Å². The molecule has 0 aliphatic rings. The molecule has 0 spiro atoms. The van der Waals surface area contributed by atoms with Crippen LogP contribution in [0.2, 0.25) is 0 Å². The summed E-state index contributed by atoms with van der Waals surface area (Å²) < 4.78 is 15.0. The van der Waals surface area contributed by atoms with Crippen molar-refractivity contribution in [3.63, 3.8) is 0 Å². The van der Waals surface area contributed by atoms with Gasteiger partial charge in [-0.15, -0.1) is 0 Å². The first-order valence-corrected chi connectivity index (χ1v) is 7.53. The van der Waals surface area contributed by atoms with Crippen molar-refractivity contribution >= 4 is 16.9 Å². The van der Waals surface area contributed by atoms with Crippen molar-refractivity contribution in [3.8, 4) is 0 Å². The predicted octanol–water partition coefficient (Wildman–Crippen LogP) is 2.96. The highest BCUT2D eigenvalue weighted by atomic mass is 19.1. The maximum Gasteiger partial charge on any atom is 0.220 e. The molecule has 1 N–H and O–H groups in total. The van der Waals surface area contributed by atoms with E-state index in [-0.39, 0.29) is 11.7 Å². The third-order valence-corrected chi connectivity index (χ3v) is 3.81. The van der Waals surface area contributed by atoms with Crippen LogP contribution in [0.3, 0.4) is 0 Å². The van der Waals surface area contributed by atoms with Gasteiger partial charge in [0.15, 0.2) is 0 Å². The summed E-state index contributed by atoms with van der Waals surface area (Å²) in [6, 6.07) is 12.3. The monoisotopic (exact) mass is 311 g/mol. The summed E-state index contributed by atoms with van der Waals surface area (Å²) in [5.41, 5.74) is 3.82. The zero-order valence-corrected chi connectivity index (χ0v) is 12.9. The number of aryl methyl sites for hydroxylation is 2. The summed E-state index contributed by atoms with van der Waals surface area (Å²) in [6.45, 7) is 0.467. The second-order valence-corrected chi connectivity index (χ2v) is 5.59. The average molecular weight is 311 g/mol. The van der Waals surface area contributed by atoms with Crippen molar-refractivity contribution in [1.29, 1.82) is 0 Å². The maximum atomic E-state index is 13.1. The molecule has 1 aromatic heterocycles. The Labute approximate surface area is 134 Å². The Morgan fingerprint density at radius 3 is 2.91 bits per heavy atom. The van der Waals surface area contributed by atoms with E-state index < -0.39 is 0 Å². The van der Waals surface area contributed by atoms with Crippen molar-refractivity contribution < 1.29 is 9.18 Å². The standard InChI is InChI=1S/C18H18FN3O/c1-22-12-21-16-10-14(5-7-17(16)22)11-20-18(23)8-6-13-3-2-4-15(19)9-13/h2-5,7,9-10,12H,6,8,11H2,1H3,(H,20,23). The summed E-state index contributed by atoms with van der Waals surface area (Å²) >= 11 is 0. The predicted molar refractivity (Wildman–Crippen MR) is 87.3 cm³/mol. The highest BCUT2D eigenvalue weighted by molar-refractivity contribution is 5.77. The first kappa shape index (κ1) is 15.2. The highest BCUT2D eigenvalue weighted by Gasteiger charge is 2.05. The van der Waals surface area contributed by atoms with Crippen LogP contribution in [0.4, 0.5) is 4.39 Å². The van der Waals surface area contributed by atoms with Gasteiger partial charge in [-0.1, -0.05) is 18.2 Å². The fourth-order valence-electron chi connectivity index (χ4n) is 2.53. The van der Waals surface area contributed by atoms with Gasteiger partial charge in [0.25, 0.3) is 0 Å². The molecule has 4 nitrogen and oxygen atoms in total. The van der Waals surface area contributed by atoms with Crippen LogP contribution >= 0.6 is 0 Å². The van der Waals surface area contributed by atoms with Crippen molar-refractivity contribution in [2.45, 2.75) is 19.4 Å². The molecule has 1 heterocycles. The zero-order valence-electron chi connectivity index (χ0n) is 12.9. The number of carbonyl (C=O) groups is 1. The third kappa shape index (κ3) is 3.74. The highest BCUT2D eigenvalue weighted by Crippen LogP contribution is 2.13. The van der Waals surface area contributed by atoms with Crippen LogP contribution in [0.5, 0.6) is 0 Å². The number of aromatic nitrogens is 2. The van der Waals surface area contributed by atoms with Gasteiger partial charge in [-0.25, -0.2) is 9.37 Å². The summed E-state index contributed by atoms with van der Waals surface area (Å²) in [6.07, 6.45) is 2.64. The minimum Gasteiger partial charge on any atom is -0.352 e. The van der Waals surface area contributed by atoms with E-state index in [1.54, 1.807) is 12.4 Å². The molecule has 0 fully saturated rings. The molecule has 23 heavy (non-hydrogen) atoms. The number of amides is 1. The van der Waals surface area contributed by atoms with E-state index in [1.165, 1.54) is 12.1 Å². The van der Waals surface area contributed by atoms with Gasteiger partial charge in [-0.2, -0.15) is 0 Å². The van der Waals surface area contributed by atoms with Crippen LogP contribution in [-0.2, 0) is 24.8 Å². The Hall–Kier alpha value is -2.69. The second-order valence-electron chi connectivity index (χ2n) is 5.59. The quantitative estimate of drug-likeness (QED) is 0.787. The topological polar surface area (TPSA) is 46.9 Å². The minimum atomic E-state index is -0.272. The fourth-order valence-corrected chi connectivity index (χ4v) is 2.53. The molecule has 0 saturated carbocycles. The van der Waals surface area contributed by atoms with Gasteiger partial charge in [0.2, 0.25) is 5.91 Å². The van der Waals surface area contributed by atoms with E-state index in [1.807, 2.05) is 35.9 Å². The van der Waals surface area contributed by atoms with E-state index in [0.29, 0.717) is 19.4 Å². The maximum absolute atomic E-state index is 13.1. The number of hydrogen-bond acceptors (Lipinski definition) is 2. The lowest BCUT2D eigenvalue weighted by atomic mass is 10.1. The molecule has 118 valence electrons. The van der Waals surface area contributed by atoms with Crippen LogP contribution in [0.15, 0.2) is 48.8 Å². The largest absolute Gasteiger partial charge is 0.352 e. The molecule has 0 radical (unpaired) electrons. The summed E-state index contributed by atoms with van der Waals surface area (Å²) in [5, 5.41) is 2.89. The molecule has 3 aromatic rings. The molecule has 0 unspecified atom stereocenters. The van der Waals surface area contributed by atoms with Crippen LogP contribution in [0.1, 0.15) is 17.5 Å². The number of fused-ring (bicyclic) bond motifs is 1. The first-order chi connectivity index (χ1) is 11.1. The second kappa shape index (κ2) is 6.60. The normalized spacial score (nSPS) is 10.9. The number of carbonyl (C=O) groups excluding carboxylic acids is 1. The Kier molecular flexibility index (Phi) is 4.37. The van der Waals surface area contributed by atoms with E-state index in [4.69, 9.17) is 0 Å². The van der Waals surface area contributed by atoms with Crippen LogP contribution < -0.4 is 5.32 Å². The lowest BCUT2D eigenvalue weighted by Crippen LogP contribution is -2.23.